The Kier molecular flexibility index (Phi) is 5.84. The number of carbonyl (C=O) groups is 1. The van der Waals surface area contributed by atoms with E-state index in [9.17, 15) is 4.79 Å². The normalized spacial score (nSPS) is 8.38. The molecule has 0 spiro atoms. The second kappa shape index (κ2) is 6.06. The summed E-state index contributed by atoms with van der Waals surface area (Å²) in [5.41, 5.74) is 0.898. The van der Waals surface area contributed by atoms with Gasteiger partial charge in [0, 0.05) is 32.7 Å². The smallest absolute Gasteiger partial charge is 0.156 e. The molecule has 0 aliphatic heterocycles. The number of hydrogen-bond acceptors (Lipinski definition) is 2. The molecule has 0 aromatic heterocycles. The predicted octanol–water partition coefficient (Wildman–Crippen LogP) is 1.96. The molecule has 0 fully saturated rings. The van der Waals surface area contributed by atoms with Gasteiger partial charge in [0.2, 0.25) is 0 Å². The van der Waals surface area contributed by atoms with Gasteiger partial charge in [-0.1, -0.05) is 13.0 Å². The number of ether oxygens (including phenoxy) is 1. The Morgan fingerprint density at radius 3 is 2.38 bits per heavy atom. The van der Waals surface area contributed by atoms with Crippen LogP contribution in [0.15, 0.2) is 30.3 Å². The molecule has 1 radical (unpaired) electrons. The second-order valence-electron chi connectivity index (χ2n) is 2.40. The van der Waals surface area contributed by atoms with Gasteiger partial charge in [0.15, 0.2) is 5.97 Å². The molecule has 1 aromatic rings. The first-order chi connectivity index (χ1) is 5.70. The van der Waals surface area contributed by atoms with Crippen LogP contribution < -0.4 is 0 Å². The van der Waals surface area contributed by atoms with Crippen molar-refractivity contribution in [2.75, 3.05) is 0 Å². The maximum atomic E-state index is 10.5. The van der Waals surface area contributed by atoms with Crippen LogP contribution in [0.3, 0.4) is 0 Å². The van der Waals surface area contributed by atoms with E-state index in [4.69, 9.17) is 4.74 Å². The minimum Gasteiger partial charge on any atom is -0.517 e. The fourth-order valence-electron chi connectivity index (χ4n) is 0.903. The molecular weight excluding hydrogens is 241 g/mol. The van der Waals surface area contributed by atoms with Crippen LogP contribution in [0.1, 0.15) is 12.5 Å². The molecule has 0 aliphatic carbocycles. The summed E-state index contributed by atoms with van der Waals surface area (Å²) in [5, 5.41) is 0. The summed E-state index contributed by atoms with van der Waals surface area (Å²) in [7, 11) is 0. The zero-order valence-electron chi connectivity index (χ0n) is 7.49. The molecular formula is C10H10O2Y-2. The molecule has 0 unspecified atom stereocenters. The SMILES string of the molecule is [CH2-]C(=O)O[C-](C)c1ccccc1.[Y]. The van der Waals surface area contributed by atoms with Crippen molar-refractivity contribution in [2.45, 2.75) is 6.92 Å². The third kappa shape index (κ3) is 4.34. The van der Waals surface area contributed by atoms with Gasteiger partial charge in [-0.25, -0.2) is 0 Å². The topological polar surface area (TPSA) is 26.3 Å². The van der Waals surface area contributed by atoms with Crippen LogP contribution in [-0.2, 0) is 42.2 Å². The van der Waals surface area contributed by atoms with E-state index < -0.39 is 5.97 Å². The first-order valence-corrected chi connectivity index (χ1v) is 3.63. The van der Waals surface area contributed by atoms with Gasteiger partial charge in [0.05, 0.1) is 0 Å². The van der Waals surface area contributed by atoms with E-state index in [1.54, 1.807) is 6.92 Å². The van der Waals surface area contributed by atoms with Crippen LogP contribution in [0.2, 0.25) is 0 Å². The maximum absolute atomic E-state index is 10.5. The van der Waals surface area contributed by atoms with Gasteiger partial charge in [-0.15, -0.1) is 12.1 Å². The second-order valence-corrected chi connectivity index (χ2v) is 2.40. The van der Waals surface area contributed by atoms with Crippen LogP contribution in [0.5, 0.6) is 0 Å². The Hall–Kier alpha value is -0.466. The summed E-state index contributed by atoms with van der Waals surface area (Å²) >= 11 is 0. The molecule has 0 amide bonds. The van der Waals surface area contributed by atoms with E-state index in [1.807, 2.05) is 30.3 Å². The molecule has 3 heteroatoms. The maximum Gasteiger partial charge on any atom is 0.156 e. The van der Waals surface area contributed by atoms with Crippen molar-refractivity contribution >= 4 is 5.97 Å². The third-order valence-corrected chi connectivity index (χ3v) is 1.45. The first-order valence-electron chi connectivity index (χ1n) is 3.63. The van der Waals surface area contributed by atoms with E-state index in [0.717, 1.165) is 5.56 Å². The van der Waals surface area contributed by atoms with Crippen LogP contribution in [0.25, 0.3) is 0 Å². The van der Waals surface area contributed by atoms with E-state index >= 15 is 0 Å². The summed E-state index contributed by atoms with van der Waals surface area (Å²) in [6.07, 6.45) is 0.579. The Morgan fingerprint density at radius 1 is 1.38 bits per heavy atom. The molecule has 0 heterocycles. The average molecular weight is 251 g/mol. The molecule has 0 bridgehead atoms. The largest absolute Gasteiger partial charge is 0.517 e. The number of rotatable bonds is 2. The molecule has 2 nitrogen and oxygen atoms in total. The Bertz CT molecular complexity index is 259. The van der Waals surface area contributed by atoms with Crippen molar-refractivity contribution in [1.82, 2.24) is 0 Å². The summed E-state index contributed by atoms with van der Waals surface area (Å²) in [5.74, 6) is -0.531. The quantitative estimate of drug-likeness (QED) is 0.593. The first kappa shape index (κ1) is 12.5. The molecule has 0 atom stereocenters. The van der Waals surface area contributed by atoms with Crippen molar-refractivity contribution < 1.29 is 42.2 Å². The van der Waals surface area contributed by atoms with Gasteiger partial charge in [0.1, 0.15) is 0 Å². The third-order valence-electron chi connectivity index (χ3n) is 1.45. The van der Waals surface area contributed by atoms with Gasteiger partial charge in [0.25, 0.3) is 0 Å². The number of esters is 1. The number of hydrogen-bond donors (Lipinski definition) is 0. The minimum atomic E-state index is -0.531. The van der Waals surface area contributed by atoms with Crippen LogP contribution in [0.4, 0.5) is 0 Å². The molecule has 0 N–H and O–H groups in total. The Balaban J connectivity index is 0.00000144. The van der Waals surface area contributed by atoms with Crippen LogP contribution in [0, 0.1) is 13.0 Å². The Morgan fingerprint density at radius 2 is 1.92 bits per heavy atom. The molecule has 1 rings (SSSR count). The van der Waals surface area contributed by atoms with Gasteiger partial charge in [-0.05, 0) is 6.10 Å². The van der Waals surface area contributed by atoms with E-state index in [2.05, 4.69) is 6.92 Å². The predicted molar refractivity (Wildman–Crippen MR) is 45.9 cm³/mol. The van der Waals surface area contributed by atoms with Gasteiger partial charge in [-0.3, -0.25) is 11.7 Å². The summed E-state index contributed by atoms with van der Waals surface area (Å²) < 4.78 is 4.80. The van der Waals surface area contributed by atoms with E-state index in [0.29, 0.717) is 6.10 Å². The molecule has 67 valence electrons. The number of carbonyl (C=O) groups excluding carboxylic acids is 1. The Labute approximate surface area is 104 Å². The number of benzene rings is 1. The van der Waals surface area contributed by atoms with Crippen molar-refractivity contribution in [3.05, 3.63) is 48.9 Å². The molecule has 0 saturated carbocycles. The van der Waals surface area contributed by atoms with Crippen molar-refractivity contribution in [2.24, 2.45) is 0 Å². The van der Waals surface area contributed by atoms with Crippen LogP contribution >= 0.6 is 0 Å². The summed E-state index contributed by atoms with van der Waals surface area (Å²) in [6, 6.07) is 9.42. The van der Waals surface area contributed by atoms with Crippen LogP contribution in [-0.4, -0.2) is 5.97 Å². The minimum absolute atomic E-state index is 0. The molecule has 13 heavy (non-hydrogen) atoms. The standard InChI is InChI=1S/C10H10O2.Y/c1-8(12-9(2)11)10-6-4-3-5-7-10;/h3-7H,2H2,1H3;/q-2;. The zero-order valence-corrected chi connectivity index (χ0v) is 10.3. The van der Waals surface area contributed by atoms with Gasteiger partial charge in [-0.2, -0.15) is 17.7 Å². The van der Waals surface area contributed by atoms with Gasteiger partial charge < -0.3 is 4.74 Å². The van der Waals surface area contributed by atoms with E-state index in [-0.39, 0.29) is 32.7 Å². The van der Waals surface area contributed by atoms with Crippen molar-refractivity contribution in [3.63, 3.8) is 0 Å². The summed E-state index contributed by atoms with van der Waals surface area (Å²) in [4.78, 5) is 10.5. The fraction of sp³-hybridized carbons (Fsp3) is 0.100. The van der Waals surface area contributed by atoms with Crippen molar-refractivity contribution in [1.29, 1.82) is 0 Å². The van der Waals surface area contributed by atoms with Crippen molar-refractivity contribution in [3.8, 4) is 0 Å². The fourth-order valence-corrected chi connectivity index (χ4v) is 0.903. The summed E-state index contributed by atoms with van der Waals surface area (Å²) in [6.45, 7) is 4.86. The zero-order chi connectivity index (χ0) is 8.97. The molecule has 1 aromatic carbocycles. The van der Waals surface area contributed by atoms with Gasteiger partial charge >= 0.3 is 0 Å². The van der Waals surface area contributed by atoms with E-state index in [1.165, 1.54) is 0 Å². The molecule has 0 aliphatic rings. The monoisotopic (exact) mass is 251 g/mol. The molecule has 0 saturated heterocycles. The average Bonchev–Trinajstić information content (AvgIpc) is 2.05.